The van der Waals surface area contributed by atoms with Crippen LogP contribution in [-0.4, -0.2) is 74.9 Å². The molecule has 1 fully saturated rings. The maximum atomic E-state index is 10.1. The first-order valence-electron chi connectivity index (χ1n) is 6.16. The molecule has 6 N–H and O–H groups in total. The van der Waals surface area contributed by atoms with Gasteiger partial charge < -0.3 is 30.8 Å². The quantitative estimate of drug-likeness (QED) is 0.261. The van der Waals surface area contributed by atoms with Crippen LogP contribution in [0.2, 0.25) is 0 Å². The van der Waals surface area contributed by atoms with Crippen LogP contribution in [0, 0.1) is 0 Å². The Balaban J connectivity index is -0.000000250. The zero-order chi connectivity index (χ0) is 19.0. The fourth-order valence-electron chi connectivity index (χ4n) is 1.02. The van der Waals surface area contributed by atoms with Gasteiger partial charge in [-0.15, -0.1) is 0 Å². The van der Waals surface area contributed by atoms with Gasteiger partial charge in [-0.25, -0.2) is 4.79 Å². The van der Waals surface area contributed by atoms with Gasteiger partial charge in [0.2, 0.25) is 5.78 Å². The van der Waals surface area contributed by atoms with Gasteiger partial charge in [0.25, 0.3) is 0 Å². The number of hydrogen-bond acceptors (Lipinski definition) is 7. The Labute approximate surface area is 131 Å². The molecule has 0 radical (unpaired) electrons. The molecule has 1 aliphatic heterocycles. The molecule has 0 saturated carbocycles. The number of hydrogen-bond donors (Lipinski definition) is 6. The predicted octanol–water partition coefficient (Wildman–Crippen LogP) is -1.36. The topological polar surface area (TPSA) is 199 Å². The lowest BCUT2D eigenvalue weighted by molar-refractivity contribution is -0.148. The van der Waals surface area contributed by atoms with E-state index in [1.807, 2.05) is 0 Å². The summed E-state index contributed by atoms with van der Waals surface area (Å²) in [6.45, 7) is 1.86. The van der Waals surface area contributed by atoms with Gasteiger partial charge in [-0.3, -0.25) is 19.2 Å². The molecule has 0 amide bonds. The van der Waals surface area contributed by atoms with E-state index in [0.717, 1.165) is 33.4 Å². The molecule has 0 aromatic carbocycles. The molecule has 0 bridgehead atoms. The van der Waals surface area contributed by atoms with Crippen LogP contribution in [0.4, 0.5) is 0 Å². The zero-order valence-corrected chi connectivity index (χ0v) is 12.7. The van der Waals surface area contributed by atoms with E-state index in [0.29, 0.717) is 0 Å². The highest BCUT2D eigenvalue weighted by molar-refractivity contribution is 6.31. The third kappa shape index (κ3) is 21.9. The molecule has 11 heteroatoms. The first-order chi connectivity index (χ1) is 10.6. The maximum Gasteiger partial charge on any atom is 0.371 e. The summed E-state index contributed by atoms with van der Waals surface area (Å²) in [6, 6.07) is -0.269. The first-order valence-corrected chi connectivity index (χ1v) is 6.16. The monoisotopic (exact) mass is 339 g/mol. The van der Waals surface area contributed by atoms with Crippen LogP contribution in [0.1, 0.15) is 26.2 Å². The minimum Gasteiger partial charge on any atom is -0.481 e. The predicted molar refractivity (Wildman–Crippen MR) is 75.0 cm³/mol. The van der Waals surface area contributed by atoms with E-state index in [4.69, 9.17) is 25.5 Å². The van der Waals surface area contributed by atoms with Gasteiger partial charge in [0.15, 0.2) is 0 Å². The van der Waals surface area contributed by atoms with E-state index < -0.39 is 36.1 Å². The van der Waals surface area contributed by atoms with Gasteiger partial charge in [-0.1, -0.05) is 0 Å². The van der Waals surface area contributed by atoms with Gasteiger partial charge in [-0.05, 0) is 19.4 Å². The second-order valence-corrected chi connectivity index (χ2v) is 3.81. The van der Waals surface area contributed by atoms with Crippen molar-refractivity contribution in [2.24, 2.45) is 0 Å². The van der Waals surface area contributed by atoms with Crippen LogP contribution in [0.3, 0.4) is 0 Å². The summed E-state index contributed by atoms with van der Waals surface area (Å²) in [7, 11) is 1.00. The Morgan fingerprint density at radius 1 is 0.957 bits per heavy atom. The average molecular weight is 339 g/mol. The van der Waals surface area contributed by atoms with Crippen molar-refractivity contribution < 1.29 is 49.5 Å². The van der Waals surface area contributed by atoms with Crippen LogP contribution in [0.15, 0.2) is 0 Å². The number of aliphatic hydroxyl groups is 1. The van der Waals surface area contributed by atoms with Gasteiger partial charge in [0.05, 0.1) is 0 Å². The summed E-state index contributed by atoms with van der Waals surface area (Å²) in [5, 5.41) is 41.3. The molecule has 1 aliphatic rings. The molecule has 1 saturated heterocycles. The molecule has 0 aliphatic carbocycles. The van der Waals surface area contributed by atoms with Gasteiger partial charge in [0, 0.05) is 14.0 Å². The summed E-state index contributed by atoms with van der Waals surface area (Å²) in [5.74, 6) is -5.55. The number of carboxylic acids is 4. The number of carboxylic acid groups (broad SMARTS) is 4. The highest BCUT2D eigenvalue weighted by Crippen LogP contribution is 2.03. The molecule has 11 nitrogen and oxygen atoms in total. The minimum absolute atomic E-state index is 0.269. The fourth-order valence-corrected chi connectivity index (χ4v) is 1.02. The number of carbonyl (C=O) groups is 5. The molecule has 0 spiro atoms. The Hall–Kier alpha value is -2.53. The van der Waals surface area contributed by atoms with Crippen LogP contribution >= 0.6 is 0 Å². The van der Waals surface area contributed by atoms with Crippen molar-refractivity contribution >= 4 is 29.7 Å². The van der Waals surface area contributed by atoms with Gasteiger partial charge in [-0.2, -0.15) is 0 Å². The number of nitrogens with one attached hydrogen (secondary N) is 1. The molecular formula is C12H21NO10. The number of rotatable bonds is 4. The Bertz CT molecular complexity index is 377. The number of ketones is 1. The molecule has 1 rings (SSSR count). The van der Waals surface area contributed by atoms with Crippen molar-refractivity contribution in [3.05, 3.63) is 0 Å². The minimum atomic E-state index is -1.38. The number of aliphatic carboxylic acids is 4. The van der Waals surface area contributed by atoms with Crippen molar-refractivity contribution in [3.63, 3.8) is 0 Å². The molecule has 1 heterocycles. The largest absolute Gasteiger partial charge is 0.481 e. The van der Waals surface area contributed by atoms with Crippen LogP contribution < -0.4 is 5.32 Å². The second kappa shape index (κ2) is 15.9. The Kier molecular flexibility index (Phi) is 17.5. The van der Waals surface area contributed by atoms with Crippen molar-refractivity contribution in [3.8, 4) is 0 Å². The molecule has 0 aromatic rings. The average Bonchev–Trinajstić information content (AvgIpc) is 2.94. The first kappa shape index (κ1) is 25.4. The Morgan fingerprint density at radius 3 is 1.43 bits per heavy atom. The van der Waals surface area contributed by atoms with Crippen molar-refractivity contribution in [2.75, 3.05) is 13.7 Å². The van der Waals surface area contributed by atoms with Crippen LogP contribution in [-0.2, 0) is 24.0 Å². The molecule has 0 unspecified atom stereocenters. The summed E-state index contributed by atoms with van der Waals surface area (Å²) in [4.78, 5) is 47.9. The smallest absolute Gasteiger partial charge is 0.371 e. The normalized spacial score (nSPS) is 14.5. The van der Waals surface area contributed by atoms with E-state index >= 15 is 0 Å². The molecular weight excluding hydrogens is 318 g/mol. The number of Topliss-reactive ketones (excluding diaryl/α,β-unsaturated/α-hetero) is 1. The summed E-state index contributed by atoms with van der Waals surface area (Å²) >= 11 is 0. The standard InChI is InChI=1S/C5H9NO2.C3H4O4.C3H4O3.CH4O/c7-5(8)4-2-1-3-6-4;4-2(5)1-3(6)7;1-2(4)3(5)6;1-2/h4,6H,1-3H2,(H,7,8);1H2,(H,4,5)(H,6,7);1H3,(H,5,6);2H,1H3/t4-;;;/m0.../s1. The maximum absolute atomic E-state index is 10.1. The van der Waals surface area contributed by atoms with Gasteiger partial charge >= 0.3 is 23.9 Å². The van der Waals surface area contributed by atoms with Crippen LogP contribution in [0.5, 0.6) is 0 Å². The molecule has 1 atom stereocenters. The van der Waals surface area contributed by atoms with Crippen LogP contribution in [0.25, 0.3) is 0 Å². The highest BCUT2D eigenvalue weighted by Gasteiger charge is 2.20. The summed E-state index contributed by atoms with van der Waals surface area (Å²) < 4.78 is 0. The van der Waals surface area contributed by atoms with Crippen molar-refractivity contribution in [2.45, 2.75) is 32.2 Å². The number of aliphatic hydroxyl groups excluding tert-OH is 1. The third-order valence-electron chi connectivity index (χ3n) is 1.96. The zero-order valence-electron chi connectivity index (χ0n) is 12.7. The molecule has 0 aromatic heterocycles. The third-order valence-corrected chi connectivity index (χ3v) is 1.96. The van der Waals surface area contributed by atoms with Crippen molar-refractivity contribution in [1.29, 1.82) is 0 Å². The van der Waals surface area contributed by atoms with Gasteiger partial charge in [0.1, 0.15) is 12.5 Å². The Morgan fingerprint density at radius 2 is 1.35 bits per heavy atom. The number of carbonyl (C=O) groups excluding carboxylic acids is 1. The summed E-state index contributed by atoms with van der Waals surface area (Å²) in [6.07, 6.45) is 0.978. The lowest BCUT2D eigenvalue weighted by Crippen LogP contribution is -2.29. The lowest BCUT2D eigenvalue weighted by atomic mass is 10.2. The van der Waals surface area contributed by atoms with Crippen molar-refractivity contribution in [1.82, 2.24) is 5.32 Å². The molecule has 134 valence electrons. The van der Waals surface area contributed by atoms with E-state index in [1.165, 1.54) is 0 Å². The second-order valence-electron chi connectivity index (χ2n) is 3.81. The van der Waals surface area contributed by atoms with E-state index in [1.54, 1.807) is 0 Å². The SMILES string of the molecule is CC(=O)C(=O)O.CO.O=C(O)CC(=O)O.O=C(O)[C@@H]1CCCN1. The van der Waals surface area contributed by atoms with E-state index in [9.17, 15) is 24.0 Å². The van der Waals surface area contributed by atoms with E-state index in [-0.39, 0.29) is 6.04 Å². The summed E-state index contributed by atoms with van der Waals surface area (Å²) in [5.41, 5.74) is 0. The van der Waals surface area contributed by atoms with E-state index in [2.05, 4.69) is 5.32 Å². The molecule has 23 heavy (non-hydrogen) atoms. The lowest BCUT2D eigenvalue weighted by Gasteiger charge is -1.99. The highest BCUT2D eigenvalue weighted by atomic mass is 16.4. The fraction of sp³-hybridized carbons (Fsp3) is 0.583.